The molecular formula is C43H70N6O9. The predicted molar refractivity (Wildman–Crippen MR) is 216 cm³/mol. The SMILES string of the molecule is CC(C)(C)OC(=O)N1CCCC2(CC1)CNC(=O)C2.CCOC(=O)N1C2CCC1CC(=O)C2.CCOC(=O)N1C2CCC1CC(N1CCCC3(CC1)CNC(=O)C3)C2. The van der Waals surface area contributed by atoms with E-state index >= 15 is 0 Å². The van der Waals surface area contributed by atoms with Gasteiger partial charge in [0, 0.05) is 82.1 Å². The van der Waals surface area contributed by atoms with Gasteiger partial charge in [0.05, 0.1) is 13.2 Å². The third kappa shape index (κ3) is 10.8. The Morgan fingerprint density at radius 3 is 1.60 bits per heavy atom. The second kappa shape index (κ2) is 18.8. The lowest BCUT2D eigenvalue weighted by Crippen LogP contribution is -2.52. The molecule has 2 spiro atoms. The molecule has 8 fully saturated rings. The number of nitrogens with zero attached hydrogens (tertiary/aromatic N) is 4. The molecule has 0 aromatic carbocycles. The number of fused-ring (bicyclic) bond motifs is 4. The van der Waals surface area contributed by atoms with Crippen LogP contribution in [-0.2, 0) is 28.6 Å². The smallest absolute Gasteiger partial charge is 0.410 e. The fourth-order valence-electron chi connectivity index (χ4n) is 11.0. The molecule has 0 aromatic rings. The first-order chi connectivity index (χ1) is 27.6. The normalized spacial score (nSPS) is 33.3. The van der Waals surface area contributed by atoms with Crippen molar-refractivity contribution in [3.05, 3.63) is 0 Å². The summed E-state index contributed by atoms with van der Waals surface area (Å²) in [6, 6.07) is 1.52. The van der Waals surface area contributed by atoms with E-state index in [1.165, 1.54) is 6.42 Å². The third-order valence-electron chi connectivity index (χ3n) is 13.9. The molecule has 6 unspecified atom stereocenters. The number of rotatable bonds is 3. The minimum absolute atomic E-state index is 0.0633. The van der Waals surface area contributed by atoms with E-state index in [0.717, 1.165) is 103 Å². The number of ketones is 1. The summed E-state index contributed by atoms with van der Waals surface area (Å²) in [7, 11) is 0. The maximum absolute atomic E-state index is 12.2. The number of Topliss-reactive ketones (excluding diaryl/α,β-unsaturated/α-hetero) is 1. The van der Waals surface area contributed by atoms with Crippen molar-refractivity contribution in [1.29, 1.82) is 0 Å². The molecule has 8 aliphatic heterocycles. The van der Waals surface area contributed by atoms with Gasteiger partial charge in [-0.1, -0.05) is 0 Å². The van der Waals surface area contributed by atoms with Crippen molar-refractivity contribution in [2.75, 3.05) is 52.5 Å². The summed E-state index contributed by atoms with van der Waals surface area (Å²) in [4.78, 5) is 78.5. The van der Waals surface area contributed by atoms with Crippen molar-refractivity contribution in [3.63, 3.8) is 0 Å². The van der Waals surface area contributed by atoms with Crippen LogP contribution in [0.1, 0.15) is 137 Å². The van der Waals surface area contributed by atoms with Crippen LogP contribution >= 0.6 is 0 Å². The highest BCUT2D eigenvalue weighted by molar-refractivity contribution is 5.83. The first kappa shape index (κ1) is 43.9. The van der Waals surface area contributed by atoms with Crippen LogP contribution in [0.15, 0.2) is 0 Å². The molecule has 8 rings (SSSR count). The summed E-state index contributed by atoms with van der Waals surface area (Å²) in [5.41, 5.74) is -0.184. The quantitative estimate of drug-likeness (QED) is 0.353. The van der Waals surface area contributed by atoms with Crippen molar-refractivity contribution >= 4 is 35.9 Å². The van der Waals surface area contributed by atoms with Gasteiger partial charge in [0.25, 0.3) is 0 Å². The Kier molecular flexibility index (Phi) is 14.2. The van der Waals surface area contributed by atoms with Gasteiger partial charge in [-0.2, -0.15) is 0 Å². The molecule has 0 aromatic heterocycles. The highest BCUT2D eigenvalue weighted by Gasteiger charge is 2.47. The van der Waals surface area contributed by atoms with Crippen molar-refractivity contribution in [3.8, 4) is 0 Å². The molecule has 2 N–H and O–H groups in total. The highest BCUT2D eigenvalue weighted by atomic mass is 16.6. The third-order valence-corrected chi connectivity index (χ3v) is 13.9. The van der Waals surface area contributed by atoms with Crippen LogP contribution in [0, 0.1) is 10.8 Å². The maximum atomic E-state index is 12.2. The van der Waals surface area contributed by atoms with Gasteiger partial charge in [-0.15, -0.1) is 0 Å². The lowest BCUT2D eigenvalue weighted by atomic mass is 9.80. The van der Waals surface area contributed by atoms with Gasteiger partial charge < -0.3 is 44.4 Å². The fraction of sp³-hybridized carbons (Fsp3) is 0.860. The molecule has 6 atom stereocenters. The van der Waals surface area contributed by atoms with Crippen molar-refractivity contribution in [2.24, 2.45) is 10.8 Å². The van der Waals surface area contributed by atoms with E-state index < -0.39 is 5.60 Å². The van der Waals surface area contributed by atoms with Crippen LogP contribution in [0.3, 0.4) is 0 Å². The van der Waals surface area contributed by atoms with Gasteiger partial charge in [-0.05, 0) is 136 Å². The zero-order chi connectivity index (χ0) is 41.7. The summed E-state index contributed by atoms with van der Waals surface area (Å²) >= 11 is 0. The summed E-state index contributed by atoms with van der Waals surface area (Å²) in [6.45, 7) is 15.4. The zero-order valence-corrected chi connectivity index (χ0v) is 35.8. The summed E-state index contributed by atoms with van der Waals surface area (Å²) in [6.07, 6.45) is 14.4. The molecule has 15 nitrogen and oxygen atoms in total. The molecule has 0 radical (unpaired) electrons. The Bertz CT molecular complexity index is 1490. The number of nitrogens with one attached hydrogen (secondary N) is 2. The Hall–Kier alpha value is -3.62. The zero-order valence-electron chi connectivity index (χ0n) is 35.8. The lowest BCUT2D eigenvalue weighted by Gasteiger charge is -2.42. The van der Waals surface area contributed by atoms with Crippen LogP contribution in [0.4, 0.5) is 14.4 Å². The summed E-state index contributed by atoms with van der Waals surface area (Å²) in [5.74, 6) is 0.665. The number of amides is 5. The Balaban J connectivity index is 0.000000153. The molecule has 326 valence electrons. The second-order valence-corrected chi connectivity index (χ2v) is 19.2. The topological polar surface area (TPSA) is 167 Å². The molecule has 58 heavy (non-hydrogen) atoms. The molecule has 8 aliphatic rings. The van der Waals surface area contributed by atoms with Crippen molar-refractivity contribution in [2.45, 2.75) is 173 Å². The number of carbonyl (C=O) groups is 6. The van der Waals surface area contributed by atoms with E-state index in [1.807, 2.05) is 32.6 Å². The van der Waals surface area contributed by atoms with E-state index in [4.69, 9.17) is 14.2 Å². The summed E-state index contributed by atoms with van der Waals surface area (Å²) < 4.78 is 15.7. The van der Waals surface area contributed by atoms with E-state index in [9.17, 15) is 28.8 Å². The molecule has 4 bridgehead atoms. The van der Waals surface area contributed by atoms with Gasteiger partial charge in [-0.25, -0.2) is 14.4 Å². The Labute approximate surface area is 344 Å². The average Bonchev–Trinajstić information content (AvgIpc) is 3.77. The number of hydrogen-bond donors (Lipinski definition) is 2. The van der Waals surface area contributed by atoms with Gasteiger partial charge in [0.1, 0.15) is 11.4 Å². The lowest BCUT2D eigenvalue weighted by molar-refractivity contribution is -0.123. The fourth-order valence-corrected chi connectivity index (χ4v) is 11.0. The molecule has 8 saturated heterocycles. The van der Waals surface area contributed by atoms with E-state index in [-0.39, 0.29) is 58.8 Å². The number of ether oxygens (including phenoxy) is 3. The molecule has 8 heterocycles. The molecule has 15 heteroatoms. The highest BCUT2D eigenvalue weighted by Crippen LogP contribution is 2.42. The van der Waals surface area contributed by atoms with Gasteiger partial charge in [0.15, 0.2) is 0 Å². The number of piperidine rings is 2. The minimum atomic E-state index is -0.452. The molecule has 5 amide bonds. The van der Waals surface area contributed by atoms with Crippen LogP contribution in [0.25, 0.3) is 0 Å². The van der Waals surface area contributed by atoms with E-state index in [0.29, 0.717) is 63.6 Å². The van der Waals surface area contributed by atoms with Crippen molar-refractivity contribution < 1.29 is 43.0 Å². The van der Waals surface area contributed by atoms with E-state index in [1.54, 1.807) is 16.7 Å². The van der Waals surface area contributed by atoms with Crippen LogP contribution in [-0.4, -0.2) is 144 Å². The number of carbonyl (C=O) groups excluding carboxylic acids is 6. The maximum Gasteiger partial charge on any atom is 0.410 e. The summed E-state index contributed by atoms with van der Waals surface area (Å²) in [5, 5.41) is 5.96. The molecule has 0 aliphatic carbocycles. The molecular weight excluding hydrogens is 745 g/mol. The van der Waals surface area contributed by atoms with Crippen LogP contribution in [0.2, 0.25) is 0 Å². The van der Waals surface area contributed by atoms with Gasteiger partial charge in [-0.3, -0.25) is 14.4 Å². The van der Waals surface area contributed by atoms with Crippen LogP contribution < -0.4 is 10.6 Å². The Morgan fingerprint density at radius 1 is 0.638 bits per heavy atom. The van der Waals surface area contributed by atoms with Gasteiger partial charge >= 0.3 is 18.3 Å². The largest absolute Gasteiger partial charge is 0.450 e. The number of hydrogen-bond acceptors (Lipinski definition) is 10. The molecule has 0 saturated carbocycles. The standard InChI is InChI=1S/C19H31N3O3.C14H24N2O3.C10H15NO3/c1-2-25-18(24)22-14-4-5-15(22)11-16(10-14)21-8-3-6-19(7-9-21)12-17(23)20-13-19;1-13(2,3)19-12(18)16-7-4-5-14(6-8-16)9-11(17)15-10-14;1-2-14-10(13)11-7-3-4-8(11)6-9(12)5-7/h14-16H,2-13H2,1H3,(H,20,23);4-10H2,1-3H3,(H,15,17);7-8H,2-6H2,1H3. The average molecular weight is 815 g/mol. The van der Waals surface area contributed by atoms with Crippen LogP contribution in [0.5, 0.6) is 0 Å². The van der Waals surface area contributed by atoms with Gasteiger partial charge in [0.2, 0.25) is 11.8 Å². The first-order valence-electron chi connectivity index (χ1n) is 22.3. The monoisotopic (exact) mass is 815 g/mol. The minimum Gasteiger partial charge on any atom is -0.450 e. The first-order valence-corrected chi connectivity index (χ1v) is 22.3. The number of likely N-dealkylation sites (tertiary alicyclic amines) is 2. The predicted octanol–water partition coefficient (Wildman–Crippen LogP) is 5.38. The Morgan fingerprint density at radius 2 is 1.12 bits per heavy atom. The second-order valence-electron chi connectivity index (χ2n) is 19.2. The van der Waals surface area contributed by atoms with Crippen molar-refractivity contribution in [1.82, 2.24) is 30.2 Å². The van der Waals surface area contributed by atoms with E-state index in [2.05, 4.69) is 15.5 Å².